The van der Waals surface area contributed by atoms with Gasteiger partial charge in [0.2, 0.25) is 0 Å². The highest BCUT2D eigenvalue weighted by atomic mass is 16.6. The van der Waals surface area contributed by atoms with Gasteiger partial charge in [-0.1, -0.05) is 31.7 Å². The quantitative estimate of drug-likeness (QED) is 0.473. The summed E-state index contributed by atoms with van der Waals surface area (Å²) < 4.78 is 11.3. The van der Waals surface area contributed by atoms with Crippen molar-refractivity contribution in [1.82, 2.24) is 0 Å². The van der Waals surface area contributed by atoms with Crippen molar-refractivity contribution in [1.29, 1.82) is 0 Å². The molecule has 3 aliphatic rings. The Hall–Kier alpha value is -1.88. The van der Waals surface area contributed by atoms with Crippen molar-refractivity contribution in [3.8, 4) is 0 Å². The van der Waals surface area contributed by atoms with Gasteiger partial charge in [-0.25, -0.2) is 9.59 Å². The highest BCUT2D eigenvalue weighted by Gasteiger charge is 2.62. The van der Waals surface area contributed by atoms with Crippen molar-refractivity contribution in [2.75, 3.05) is 0 Å². The average Bonchev–Trinajstić information content (AvgIpc) is 2.84. The van der Waals surface area contributed by atoms with Crippen molar-refractivity contribution in [3.63, 3.8) is 0 Å². The normalized spacial score (nSPS) is 41.0. The first-order valence-corrected chi connectivity index (χ1v) is 8.80. The van der Waals surface area contributed by atoms with Crippen molar-refractivity contribution in [2.45, 2.75) is 58.3 Å². The summed E-state index contributed by atoms with van der Waals surface area (Å²) in [6.45, 7) is 13.5. The number of ether oxygens (including phenoxy) is 2. The molecular weight excluding hydrogens is 320 g/mol. The van der Waals surface area contributed by atoms with Gasteiger partial charge in [0.05, 0.1) is 12.0 Å². The zero-order valence-corrected chi connectivity index (χ0v) is 15.1. The highest BCUT2D eigenvalue weighted by Crippen LogP contribution is 2.57. The molecule has 0 spiro atoms. The third-order valence-corrected chi connectivity index (χ3v) is 6.30. The van der Waals surface area contributed by atoms with Gasteiger partial charge in [0.25, 0.3) is 0 Å². The van der Waals surface area contributed by atoms with Crippen LogP contribution in [0.25, 0.3) is 0 Å². The van der Waals surface area contributed by atoms with Crippen LogP contribution in [-0.4, -0.2) is 35.4 Å². The molecule has 136 valence electrons. The number of hydrogen-bond donors (Lipinski definition) is 1. The minimum atomic E-state index is -0.604. The smallest absolute Gasteiger partial charge is 0.334 e. The van der Waals surface area contributed by atoms with Crippen molar-refractivity contribution < 1.29 is 24.2 Å². The molecule has 1 heterocycles. The number of esters is 2. The largest absolute Gasteiger partial charge is 0.458 e. The van der Waals surface area contributed by atoms with Gasteiger partial charge in [-0.15, -0.1) is 0 Å². The maximum atomic E-state index is 12.4. The number of aliphatic hydroxyl groups excluding tert-OH is 1. The second-order valence-corrected chi connectivity index (χ2v) is 7.74. The molecule has 0 radical (unpaired) electrons. The third-order valence-electron chi connectivity index (χ3n) is 6.30. The Labute approximate surface area is 148 Å². The molecule has 1 saturated heterocycles. The first-order chi connectivity index (χ1) is 11.7. The topological polar surface area (TPSA) is 72.8 Å². The highest BCUT2D eigenvalue weighted by molar-refractivity contribution is 5.91. The van der Waals surface area contributed by atoms with E-state index < -0.39 is 35.7 Å². The number of rotatable bonds is 2. The van der Waals surface area contributed by atoms with Crippen molar-refractivity contribution in [2.24, 2.45) is 17.3 Å². The summed E-state index contributed by atoms with van der Waals surface area (Å²) in [5, 5.41) is 10.7. The molecule has 3 fully saturated rings. The maximum absolute atomic E-state index is 12.4. The van der Waals surface area contributed by atoms with E-state index in [0.29, 0.717) is 30.4 Å². The number of hydrogen-bond acceptors (Lipinski definition) is 5. The van der Waals surface area contributed by atoms with E-state index in [1.165, 1.54) is 0 Å². The summed E-state index contributed by atoms with van der Waals surface area (Å²) >= 11 is 0. The van der Waals surface area contributed by atoms with E-state index in [1.807, 2.05) is 6.92 Å². The summed E-state index contributed by atoms with van der Waals surface area (Å²) in [7, 11) is 0. The average molecular weight is 346 g/mol. The Kier molecular flexibility index (Phi) is 4.40. The number of carbonyl (C=O) groups excluding carboxylic acids is 2. The van der Waals surface area contributed by atoms with Crippen LogP contribution in [-0.2, 0) is 19.1 Å². The van der Waals surface area contributed by atoms with Gasteiger partial charge in [0.1, 0.15) is 12.2 Å². The summed E-state index contributed by atoms with van der Waals surface area (Å²) in [6.07, 6.45) is 1.92. The van der Waals surface area contributed by atoms with Crippen LogP contribution in [0.3, 0.4) is 0 Å². The second-order valence-electron chi connectivity index (χ2n) is 7.74. The van der Waals surface area contributed by atoms with E-state index in [-0.39, 0.29) is 11.8 Å². The summed E-state index contributed by atoms with van der Waals surface area (Å²) in [5.74, 6) is -1.48. The Morgan fingerprint density at radius 2 is 2.12 bits per heavy atom. The molecule has 1 aliphatic heterocycles. The molecule has 0 bridgehead atoms. The van der Waals surface area contributed by atoms with E-state index in [1.54, 1.807) is 19.9 Å². The van der Waals surface area contributed by atoms with Gasteiger partial charge in [-0.2, -0.15) is 0 Å². The molecule has 3 rings (SSSR count). The zero-order chi connectivity index (χ0) is 18.5. The van der Waals surface area contributed by atoms with Crippen LogP contribution in [0.5, 0.6) is 0 Å². The summed E-state index contributed by atoms with van der Waals surface area (Å²) in [5.41, 5.74) is 1.25. The number of carbonyl (C=O) groups is 2. The lowest BCUT2D eigenvalue weighted by molar-refractivity contribution is -0.177. The van der Waals surface area contributed by atoms with Gasteiger partial charge in [-0.05, 0) is 33.1 Å². The first kappa shape index (κ1) is 17.9. The summed E-state index contributed by atoms with van der Waals surface area (Å²) in [6, 6.07) is 0. The third kappa shape index (κ3) is 2.65. The molecule has 0 aromatic heterocycles. The van der Waals surface area contributed by atoms with Crippen molar-refractivity contribution in [3.05, 3.63) is 36.0 Å². The van der Waals surface area contributed by atoms with Gasteiger partial charge in [0, 0.05) is 22.5 Å². The summed E-state index contributed by atoms with van der Waals surface area (Å²) in [4.78, 5) is 24.5. The molecule has 1 unspecified atom stereocenters. The molecule has 1 N–H and O–H groups in total. The lowest BCUT2D eigenvalue weighted by atomic mass is 9.53. The van der Waals surface area contributed by atoms with E-state index in [0.717, 1.165) is 5.57 Å². The van der Waals surface area contributed by atoms with Crippen molar-refractivity contribution >= 4 is 11.9 Å². The molecule has 2 saturated carbocycles. The second kappa shape index (κ2) is 6.13. The van der Waals surface area contributed by atoms with Crippen LogP contribution in [0.1, 0.15) is 40.0 Å². The standard InChI is InChI=1S/C20H26O5/c1-6-10(2)18(22)25-17-15-12(4)19(23)24-13(15)9-20(5)14(21)8-7-11(3)16(17)20/h6,13-17,21H,3-4,7-9H2,1-2,5H3/b10-6+/t13-,14+,15+,16?,17-,20-/m0/s1. The predicted octanol–water partition coefficient (Wildman–Crippen LogP) is 2.70. The lowest BCUT2D eigenvalue weighted by Crippen LogP contribution is -2.58. The van der Waals surface area contributed by atoms with Crippen LogP contribution in [0, 0.1) is 17.3 Å². The van der Waals surface area contributed by atoms with E-state index >= 15 is 0 Å². The Morgan fingerprint density at radius 1 is 1.44 bits per heavy atom. The number of aliphatic hydroxyl groups is 1. The molecule has 5 nitrogen and oxygen atoms in total. The van der Waals surface area contributed by atoms with Crippen LogP contribution in [0.15, 0.2) is 36.0 Å². The maximum Gasteiger partial charge on any atom is 0.334 e. The van der Waals surface area contributed by atoms with Gasteiger partial charge < -0.3 is 14.6 Å². The minimum Gasteiger partial charge on any atom is -0.458 e. The van der Waals surface area contributed by atoms with Gasteiger partial charge in [0.15, 0.2) is 0 Å². The molecule has 5 heteroatoms. The SMILES string of the molecule is C=C1CC[C@@H](O)[C@]2(C)C[C@@H]3OC(=O)C(=C)[C@H]3[C@H](OC(=O)/C(C)=C/C)C12. The van der Waals surface area contributed by atoms with E-state index in [4.69, 9.17) is 9.47 Å². The fourth-order valence-corrected chi connectivity index (χ4v) is 4.69. The number of fused-ring (bicyclic) bond motifs is 2. The van der Waals surface area contributed by atoms with Gasteiger partial charge >= 0.3 is 11.9 Å². The molecule has 0 aromatic rings. The zero-order valence-electron chi connectivity index (χ0n) is 15.1. The van der Waals surface area contributed by atoms with Crippen LogP contribution in [0.4, 0.5) is 0 Å². The molecule has 2 aliphatic carbocycles. The molecular formula is C20H26O5. The Morgan fingerprint density at radius 3 is 2.76 bits per heavy atom. The van der Waals surface area contributed by atoms with Crippen LogP contribution < -0.4 is 0 Å². The molecule has 0 amide bonds. The molecule has 6 atom stereocenters. The monoisotopic (exact) mass is 346 g/mol. The van der Waals surface area contributed by atoms with Crippen LogP contribution in [0.2, 0.25) is 0 Å². The van der Waals surface area contributed by atoms with E-state index in [9.17, 15) is 14.7 Å². The van der Waals surface area contributed by atoms with Crippen LogP contribution >= 0.6 is 0 Å². The Balaban J connectivity index is 2.04. The minimum absolute atomic E-state index is 0.225. The predicted molar refractivity (Wildman–Crippen MR) is 92.4 cm³/mol. The first-order valence-electron chi connectivity index (χ1n) is 8.80. The Bertz CT molecular complexity index is 676. The van der Waals surface area contributed by atoms with E-state index in [2.05, 4.69) is 13.2 Å². The van der Waals surface area contributed by atoms with Gasteiger partial charge in [-0.3, -0.25) is 0 Å². The fraction of sp³-hybridized carbons (Fsp3) is 0.600. The molecule has 0 aromatic carbocycles. The lowest BCUT2D eigenvalue weighted by Gasteiger charge is -2.54. The fourth-order valence-electron chi connectivity index (χ4n) is 4.69. The molecule has 25 heavy (non-hydrogen) atoms. The number of allylic oxidation sites excluding steroid dienone is 1.